The summed E-state index contributed by atoms with van der Waals surface area (Å²) in [4.78, 5) is 9.78. The highest BCUT2D eigenvalue weighted by Gasteiger charge is 2.26. The van der Waals surface area contributed by atoms with Gasteiger partial charge >= 0.3 is 15.2 Å². The first-order valence-electron chi connectivity index (χ1n) is 7.79. The van der Waals surface area contributed by atoms with E-state index in [1.807, 2.05) is 0 Å². The number of benzene rings is 1. The van der Waals surface area contributed by atoms with Gasteiger partial charge in [0.25, 0.3) is 0 Å². The molecule has 0 saturated carbocycles. The maximum absolute atomic E-state index is 12.6. The van der Waals surface area contributed by atoms with E-state index in [1.54, 1.807) is 39.0 Å². The molecule has 0 aromatic heterocycles. The van der Waals surface area contributed by atoms with E-state index >= 15 is 0 Å². The van der Waals surface area contributed by atoms with Gasteiger partial charge in [-0.1, -0.05) is 12.1 Å². The zero-order chi connectivity index (χ0) is 18.2. The van der Waals surface area contributed by atoms with Gasteiger partial charge in [-0.15, -0.1) is 0 Å². The smallest absolute Gasteiger partial charge is 0.335 e. The Balaban J connectivity index is 3.01. The van der Waals surface area contributed by atoms with Crippen LogP contribution in [0.5, 0.6) is 5.75 Å². The van der Waals surface area contributed by atoms with Gasteiger partial charge in [0.05, 0.1) is 39.3 Å². The molecule has 0 bridgehead atoms. The first-order valence-corrected chi connectivity index (χ1v) is 11.3. The average molecular weight is 380 g/mol. The molecule has 1 aromatic rings. The average Bonchev–Trinajstić information content (AvgIpc) is 2.48. The van der Waals surface area contributed by atoms with Crippen molar-refractivity contribution in [2.24, 2.45) is 0 Å². The number of methoxy groups -OCH3 is 1. The predicted molar refractivity (Wildman–Crippen MR) is 92.7 cm³/mol. The summed E-state index contributed by atoms with van der Waals surface area (Å²) in [6.07, 6.45) is -0.0492. The van der Waals surface area contributed by atoms with Crippen LogP contribution in [-0.4, -0.2) is 31.8 Å². The van der Waals surface area contributed by atoms with E-state index < -0.39 is 15.2 Å². The summed E-state index contributed by atoms with van der Waals surface area (Å²) < 4.78 is 45.2. The Morgan fingerprint density at radius 2 is 1.54 bits per heavy atom. The SMILES string of the molecule is CCOP(=O)(O)Cc1ccc(CP(=O)(OCC)OCC)cc1OC. The van der Waals surface area contributed by atoms with Crippen LogP contribution in [0.3, 0.4) is 0 Å². The molecule has 1 N–H and O–H groups in total. The molecule has 1 rings (SSSR count). The molecule has 7 nitrogen and oxygen atoms in total. The van der Waals surface area contributed by atoms with E-state index in [-0.39, 0.29) is 32.1 Å². The standard InChI is InChI=1S/C15H26O7P2/c1-5-20-23(16,17)12-14-9-8-13(10-15(14)19-4)11-24(18,21-6-2)22-7-3/h8-10H,5-7,11-12H2,1-4H3,(H,16,17). The number of hydrogen-bond donors (Lipinski definition) is 1. The van der Waals surface area contributed by atoms with Gasteiger partial charge in [-0.25, -0.2) is 0 Å². The van der Waals surface area contributed by atoms with Gasteiger partial charge in [0.15, 0.2) is 0 Å². The maximum Gasteiger partial charge on any atom is 0.335 e. The summed E-state index contributed by atoms with van der Waals surface area (Å²) in [6.45, 7) is 5.88. The van der Waals surface area contributed by atoms with Gasteiger partial charge in [-0.2, -0.15) is 0 Å². The molecule has 0 radical (unpaired) electrons. The Hall–Kier alpha value is -0.680. The van der Waals surface area contributed by atoms with Crippen LogP contribution in [0.2, 0.25) is 0 Å². The topological polar surface area (TPSA) is 91.3 Å². The third kappa shape index (κ3) is 6.67. The van der Waals surface area contributed by atoms with Gasteiger partial charge in [-0.3, -0.25) is 9.13 Å². The van der Waals surface area contributed by atoms with Gasteiger partial charge in [0.2, 0.25) is 0 Å². The van der Waals surface area contributed by atoms with Crippen LogP contribution < -0.4 is 4.74 Å². The molecule has 0 aliphatic rings. The fourth-order valence-electron chi connectivity index (χ4n) is 2.23. The minimum Gasteiger partial charge on any atom is -0.496 e. The Labute approximate surface area is 143 Å². The summed E-state index contributed by atoms with van der Waals surface area (Å²) in [5.41, 5.74) is 1.24. The minimum absolute atomic E-state index is 0.105. The molecule has 1 unspecified atom stereocenters. The van der Waals surface area contributed by atoms with Crippen LogP contribution in [0.25, 0.3) is 0 Å². The van der Waals surface area contributed by atoms with Gasteiger partial charge in [0, 0.05) is 5.56 Å². The molecule has 0 spiro atoms. The lowest BCUT2D eigenvalue weighted by molar-refractivity contribution is 0.219. The largest absolute Gasteiger partial charge is 0.496 e. The van der Waals surface area contributed by atoms with Crippen molar-refractivity contribution in [1.29, 1.82) is 0 Å². The highest BCUT2D eigenvalue weighted by molar-refractivity contribution is 7.53. The van der Waals surface area contributed by atoms with E-state index in [0.717, 1.165) is 0 Å². The third-order valence-corrected chi connectivity index (χ3v) is 6.54. The van der Waals surface area contributed by atoms with Crippen molar-refractivity contribution in [1.82, 2.24) is 0 Å². The molecule has 138 valence electrons. The van der Waals surface area contributed by atoms with Crippen LogP contribution in [0.1, 0.15) is 31.9 Å². The zero-order valence-electron chi connectivity index (χ0n) is 14.6. The molecule has 0 amide bonds. The van der Waals surface area contributed by atoms with Crippen molar-refractivity contribution in [2.45, 2.75) is 33.1 Å². The van der Waals surface area contributed by atoms with Crippen molar-refractivity contribution < 1.29 is 32.3 Å². The minimum atomic E-state index is -3.72. The van der Waals surface area contributed by atoms with Crippen molar-refractivity contribution in [3.8, 4) is 5.75 Å². The van der Waals surface area contributed by atoms with Crippen molar-refractivity contribution in [3.05, 3.63) is 29.3 Å². The Morgan fingerprint density at radius 1 is 0.958 bits per heavy atom. The summed E-state index contributed by atoms with van der Waals surface area (Å²) in [6, 6.07) is 5.05. The van der Waals surface area contributed by atoms with Crippen molar-refractivity contribution in [2.75, 3.05) is 26.9 Å². The number of hydrogen-bond acceptors (Lipinski definition) is 6. The van der Waals surface area contributed by atoms with Crippen LogP contribution >= 0.6 is 15.2 Å². The summed E-state index contributed by atoms with van der Waals surface area (Å²) in [5, 5.41) is 0. The molecular formula is C15H26O7P2. The summed E-state index contributed by atoms with van der Waals surface area (Å²) >= 11 is 0. The number of ether oxygens (including phenoxy) is 1. The molecular weight excluding hydrogens is 354 g/mol. The zero-order valence-corrected chi connectivity index (χ0v) is 16.3. The second kappa shape index (κ2) is 9.71. The van der Waals surface area contributed by atoms with Crippen molar-refractivity contribution in [3.63, 3.8) is 0 Å². The van der Waals surface area contributed by atoms with Gasteiger partial charge in [-0.05, 0) is 32.4 Å². The van der Waals surface area contributed by atoms with Crippen LogP contribution in [-0.2, 0) is 35.0 Å². The van der Waals surface area contributed by atoms with Crippen LogP contribution in [0, 0.1) is 0 Å². The molecule has 9 heteroatoms. The monoisotopic (exact) mass is 380 g/mol. The van der Waals surface area contributed by atoms with E-state index in [2.05, 4.69) is 0 Å². The Morgan fingerprint density at radius 3 is 2.04 bits per heavy atom. The molecule has 0 saturated heterocycles. The molecule has 0 fully saturated rings. The number of rotatable bonds is 11. The first-order chi connectivity index (χ1) is 11.3. The Kier molecular flexibility index (Phi) is 8.65. The molecule has 0 aliphatic heterocycles. The lowest BCUT2D eigenvalue weighted by Crippen LogP contribution is -2.01. The second-order valence-corrected chi connectivity index (χ2v) is 8.87. The Bertz CT molecular complexity index is 608. The fourth-order valence-corrected chi connectivity index (χ4v) is 5.10. The van der Waals surface area contributed by atoms with E-state index in [0.29, 0.717) is 16.9 Å². The molecule has 24 heavy (non-hydrogen) atoms. The molecule has 1 aromatic carbocycles. The second-order valence-electron chi connectivity index (χ2n) is 4.96. The third-order valence-electron chi connectivity index (χ3n) is 3.08. The van der Waals surface area contributed by atoms with Crippen molar-refractivity contribution >= 4 is 15.2 Å². The normalized spacial score (nSPS) is 14.4. The fraction of sp³-hybridized carbons (Fsp3) is 0.600. The van der Waals surface area contributed by atoms with Crippen LogP contribution in [0.4, 0.5) is 0 Å². The van der Waals surface area contributed by atoms with E-state index in [4.69, 9.17) is 18.3 Å². The molecule has 0 aliphatic carbocycles. The lowest BCUT2D eigenvalue weighted by atomic mass is 10.1. The summed E-state index contributed by atoms with van der Waals surface area (Å²) in [7, 11) is -5.47. The van der Waals surface area contributed by atoms with E-state index in [9.17, 15) is 14.0 Å². The molecule has 1 atom stereocenters. The van der Waals surface area contributed by atoms with Gasteiger partial charge in [0.1, 0.15) is 5.75 Å². The maximum atomic E-state index is 12.6. The molecule has 0 heterocycles. The van der Waals surface area contributed by atoms with Gasteiger partial charge < -0.3 is 23.2 Å². The quantitative estimate of drug-likeness (QED) is 0.576. The van der Waals surface area contributed by atoms with E-state index in [1.165, 1.54) is 7.11 Å². The highest BCUT2D eigenvalue weighted by atomic mass is 31.2. The van der Waals surface area contributed by atoms with Crippen LogP contribution in [0.15, 0.2) is 18.2 Å². The highest BCUT2D eigenvalue weighted by Crippen LogP contribution is 2.52. The lowest BCUT2D eigenvalue weighted by Gasteiger charge is -2.18. The first kappa shape index (κ1) is 21.4. The predicted octanol–water partition coefficient (Wildman–Crippen LogP) is 4.18. The summed E-state index contributed by atoms with van der Waals surface area (Å²) in [5.74, 6) is 0.432.